The minimum Gasteiger partial charge on any atom is -0.384 e. The van der Waals surface area contributed by atoms with Crippen LogP contribution >= 0.6 is 22.6 Å². The van der Waals surface area contributed by atoms with Crippen molar-refractivity contribution < 1.29 is 8.78 Å². The van der Waals surface area contributed by atoms with Gasteiger partial charge in [0.2, 0.25) is 0 Å². The van der Waals surface area contributed by atoms with Gasteiger partial charge in [-0.25, -0.2) is 8.78 Å². The molecule has 0 bridgehead atoms. The quantitative estimate of drug-likeness (QED) is 0.351. The highest BCUT2D eigenvalue weighted by molar-refractivity contribution is 14.1. The summed E-state index contributed by atoms with van der Waals surface area (Å²) in [5.74, 6) is -2.17. The van der Waals surface area contributed by atoms with Crippen molar-refractivity contribution in [2.45, 2.75) is 0 Å². The number of hydrogen-bond donors (Lipinski definition) is 2. The zero-order valence-corrected chi connectivity index (χ0v) is 8.02. The molecular weight excluding hydrogens is 277 g/mol. The molecule has 1 aromatic carbocycles. The van der Waals surface area contributed by atoms with Crippen LogP contribution in [-0.2, 0) is 0 Å². The Kier molecular flexibility index (Phi) is 2.61. The fraction of sp³-hybridized carbons (Fsp3) is 0. The van der Waals surface area contributed by atoms with Gasteiger partial charge in [0.05, 0.1) is 5.56 Å². The number of nitrogens with two attached hydrogens (primary N) is 1. The maximum Gasteiger partial charge on any atom is 0.150 e. The molecule has 0 heterocycles. The fourth-order valence-corrected chi connectivity index (χ4v) is 1.22. The lowest BCUT2D eigenvalue weighted by molar-refractivity contribution is 0.573. The molecule has 0 aliphatic rings. The number of hydrogen-bond acceptors (Lipinski definition) is 1. The third kappa shape index (κ3) is 1.55. The zero-order valence-electron chi connectivity index (χ0n) is 5.87. The van der Waals surface area contributed by atoms with E-state index in [9.17, 15) is 8.78 Å². The van der Waals surface area contributed by atoms with Crippen molar-refractivity contribution in [1.82, 2.24) is 0 Å². The standard InChI is InChI=1S/C7H5F2IN2/c8-3-1-2-4(10)6(9)5(3)7(11)12/h1-2H,(H3,11,12). The van der Waals surface area contributed by atoms with E-state index in [0.29, 0.717) is 0 Å². The number of amidine groups is 1. The van der Waals surface area contributed by atoms with Crippen molar-refractivity contribution in [3.63, 3.8) is 0 Å². The molecule has 1 rings (SSSR count). The Morgan fingerprint density at radius 1 is 1.42 bits per heavy atom. The van der Waals surface area contributed by atoms with Crippen LogP contribution in [-0.4, -0.2) is 5.84 Å². The summed E-state index contributed by atoms with van der Waals surface area (Å²) < 4.78 is 26.1. The molecule has 5 heteroatoms. The van der Waals surface area contributed by atoms with Gasteiger partial charge in [0.1, 0.15) is 17.5 Å². The second-order valence-corrected chi connectivity index (χ2v) is 3.29. The minimum atomic E-state index is -0.805. The molecule has 0 saturated carbocycles. The molecule has 0 saturated heterocycles. The second-order valence-electron chi connectivity index (χ2n) is 2.13. The van der Waals surface area contributed by atoms with Crippen LogP contribution in [0.3, 0.4) is 0 Å². The van der Waals surface area contributed by atoms with Crippen LogP contribution in [0.1, 0.15) is 5.56 Å². The number of nitrogens with one attached hydrogen (secondary N) is 1. The average Bonchev–Trinajstić information content (AvgIpc) is 1.97. The lowest BCUT2D eigenvalue weighted by Crippen LogP contribution is -2.16. The SMILES string of the molecule is N=C(N)c1c(F)ccc(I)c1F. The first-order chi connectivity index (χ1) is 5.54. The summed E-state index contributed by atoms with van der Waals surface area (Å²) in [4.78, 5) is 0. The van der Waals surface area contributed by atoms with Crippen molar-refractivity contribution in [3.05, 3.63) is 32.9 Å². The highest BCUT2D eigenvalue weighted by atomic mass is 127. The maximum absolute atomic E-state index is 13.0. The predicted octanol–water partition coefficient (Wildman–Crippen LogP) is 1.85. The minimum absolute atomic E-state index is 0.249. The maximum atomic E-state index is 13.0. The summed E-state index contributed by atoms with van der Waals surface area (Å²) >= 11 is 1.71. The summed E-state index contributed by atoms with van der Waals surface area (Å²) in [5.41, 5.74) is 4.53. The average molecular weight is 282 g/mol. The summed E-state index contributed by atoms with van der Waals surface area (Å²) in [6.45, 7) is 0. The van der Waals surface area contributed by atoms with Gasteiger partial charge in [-0.3, -0.25) is 5.41 Å². The van der Waals surface area contributed by atoms with Crippen LogP contribution in [0.25, 0.3) is 0 Å². The molecule has 0 unspecified atom stereocenters. The molecule has 0 radical (unpaired) electrons. The van der Waals surface area contributed by atoms with Gasteiger partial charge < -0.3 is 5.73 Å². The number of rotatable bonds is 1. The molecule has 1 aromatic rings. The molecule has 64 valence electrons. The van der Waals surface area contributed by atoms with Gasteiger partial charge in [-0.15, -0.1) is 0 Å². The van der Waals surface area contributed by atoms with Gasteiger partial charge in [-0.2, -0.15) is 0 Å². The fourth-order valence-electron chi connectivity index (χ4n) is 0.774. The number of halogens is 3. The molecule has 3 N–H and O–H groups in total. The van der Waals surface area contributed by atoms with E-state index in [0.717, 1.165) is 6.07 Å². The Morgan fingerprint density at radius 2 is 2.00 bits per heavy atom. The van der Waals surface area contributed by atoms with Gasteiger partial charge in [0, 0.05) is 3.57 Å². The molecule has 0 atom stereocenters. The Bertz CT molecular complexity index is 338. The summed E-state index contributed by atoms with van der Waals surface area (Å²) in [6, 6.07) is 2.37. The van der Waals surface area contributed by atoms with Gasteiger partial charge in [0.25, 0.3) is 0 Å². The Morgan fingerprint density at radius 3 is 2.42 bits per heavy atom. The topological polar surface area (TPSA) is 49.9 Å². The first-order valence-corrected chi connectivity index (χ1v) is 4.10. The predicted molar refractivity (Wildman–Crippen MR) is 50.1 cm³/mol. The Labute approximate surface area is 81.4 Å². The molecule has 0 fully saturated rings. The van der Waals surface area contributed by atoms with E-state index in [4.69, 9.17) is 11.1 Å². The molecule has 0 aliphatic heterocycles. The molecule has 2 nitrogen and oxygen atoms in total. The molecule has 0 aromatic heterocycles. The van der Waals surface area contributed by atoms with Crippen LogP contribution < -0.4 is 5.73 Å². The van der Waals surface area contributed by atoms with E-state index >= 15 is 0 Å². The number of nitrogen functional groups attached to an aromatic ring is 1. The van der Waals surface area contributed by atoms with E-state index in [1.807, 2.05) is 0 Å². The molecule has 12 heavy (non-hydrogen) atoms. The molecular formula is C7H5F2IN2. The molecule has 0 spiro atoms. The van der Waals surface area contributed by atoms with Crippen LogP contribution in [0.5, 0.6) is 0 Å². The third-order valence-electron chi connectivity index (χ3n) is 1.31. The largest absolute Gasteiger partial charge is 0.384 e. The summed E-state index contributed by atoms with van der Waals surface area (Å²) in [5, 5.41) is 6.91. The lowest BCUT2D eigenvalue weighted by Gasteiger charge is -2.03. The van der Waals surface area contributed by atoms with Gasteiger partial charge in [0.15, 0.2) is 0 Å². The normalized spacial score (nSPS) is 9.92. The van der Waals surface area contributed by atoms with Gasteiger partial charge in [-0.1, -0.05) is 0 Å². The van der Waals surface area contributed by atoms with E-state index in [-0.39, 0.29) is 3.57 Å². The lowest BCUT2D eigenvalue weighted by atomic mass is 10.2. The van der Waals surface area contributed by atoms with Gasteiger partial charge >= 0.3 is 0 Å². The van der Waals surface area contributed by atoms with Crippen LogP contribution in [0.4, 0.5) is 8.78 Å². The van der Waals surface area contributed by atoms with Crippen molar-refractivity contribution >= 4 is 28.4 Å². The summed E-state index contributed by atoms with van der Waals surface area (Å²) in [7, 11) is 0. The highest BCUT2D eigenvalue weighted by Crippen LogP contribution is 2.17. The monoisotopic (exact) mass is 282 g/mol. The van der Waals surface area contributed by atoms with E-state index in [1.165, 1.54) is 6.07 Å². The smallest absolute Gasteiger partial charge is 0.150 e. The Hall–Kier alpha value is -0.720. The Balaban J connectivity index is 3.43. The number of benzene rings is 1. The molecule has 0 aliphatic carbocycles. The van der Waals surface area contributed by atoms with Crippen molar-refractivity contribution in [3.8, 4) is 0 Å². The van der Waals surface area contributed by atoms with Gasteiger partial charge in [-0.05, 0) is 34.7 Å². The van der Waals surface area contributed by atoms with Crippen LogP contribution in [0, 0.1) is 20.6 Å². The van der Waals surface area contributed by atoms with E-state index in [2.05, 4.69) is 0 Å². The third-order valence-corrected chi connectivity index (χ3v) is 2.15. The van der Waals surface area contributed by atoms with Crippen LogP contribution in [0.2, 0.25) is 0 Å². The van der Waals surface area contributed by atoms with Crippen molar-refractivity contribution in [1.29, 1.82) is 5.41 Å². The zero-order chi connectivity index (χ0) is 9.30. The van der Waals surface area contributed by atoms with Crippen molar-refractivity contribution in [2.24, 2.45) is 5.73 Å². The molecule has 0 amide bonds. The van der Waals surface area contributed by atoms with Crippen LogP contribution in [0.15, 0.2) is 12.1 Å². The summed E-state index contributed by atoms with van der Waals surface area (Å²) in [6.07, 6.45) is 0. The van der Waals surface area contributed by atoms with Crippen molar-refractivity contribution in [2.75, 3.05) is 0 Å². The second kappa shape index (κ2) is 3.34. The van der Waals surface area contributed by atoms with E-state index in [1.54, 1.807) is 22.6 Å². The first-order valence-electron chi connectivity index (χ1n) is 3.02. The highest BCUT2D eigenvalue weighted by Gasteiger charge is 2.13. The first kappa shape index (κ1) is 9.37. The van der Waals surface area contributed by atoms with E-state index < -0.39 is 23.0 Å².